The molecule has 1 rings (SSSR count). The van der Waals surface area contributed by atoms with E-state index in [0.29, 0.717) is 19.5 Å². The minimum absolute atomic E-state index is 0.00242. The third kappa shape index (κ3) is 5.04. The van der Waals surface area contributed by atoms with Crippen molar-refractivity contribution in [1.29, 1.82) is 0 Å². The van der Waals surface area contributed by atoms with Crippen molar-refractivity contribution in [1.82, 2.24) is 5.32 Å². The average molecular weight is 242 g/mol. The second kappa shape index (κ2) is 5.83. The van der Waals surface area contributed by atoms with Gasteiger partial charge in [-0.25, -0.2) is 0 Å². The molecule has 17 heavy (non-hydrogen) atoms. The summed E-state index contributed by atoms with van der Waals surface area (Å²) < 4.78 is 0. The van der Waals surface area contributed by atoms with Crippen LogP contribution >= 0.6 is 0 Å². The number of amides is 1. The van der Waals surface area contributed by atoms with Crippen molar-refractivity contribution in [3.8, 4) is 0 Å². The van der Waals surface area contributed by atoms with Gasteiger partial charge in [-0.1, -0.05) is 13.8 Å². The lowest BCUT2D eigenvalue weighted by Crippen LogP contribution is -2.32. The molecule has 0 heterocycles. The van der Waals surface area contributed by atoms with Gasteiger partial charge in [0.05, 0.1) is 6.61 Å². The fourth-order valence-electron chi connectivity index (χ4n) is 1.91. The minimum atomic E-state index is 0.00242. The van der Waals surface area contributed by atoms with Crippen LogP contribution in [0.2, 0.25) is 0 Å². The number of aliphatic hydroxyl groups excluding tert-OH is 1. The molecule has 4 heteroatoms. The Balaban J connectivity index is 2.17. The second-order valence-electron chi connectivity index (χ2n) is 6.14. The molecule has 0 aromatic heterocycles. The molecule has 0 radical (unpaired) electrons. The van der Waals surface area contributed by atoms with E-state index >= 15 is 0 Å². The van der Waals surface area contributed by atoms with Crippen molar-refractivity contribution >= 4 is 5.91 Å². The molecule has 0 spiro atoms. The molecule has 4 nitrogen and oxygen atoms in total. The quantitative estimate of drug-likeness (QED) is 0.595. The van der Waals surface area contributed by atoms with Crippen LogP contribution in [0.15, 0.2) is 0 Å². The normalized spacial score (nSPS) is 17.9. The van der Waals surface area contributed by atoms with Crippen LogP contribution in [0.25, 0.3) is 0 Å². The summed E-state index contributed by atoms with van der Waals surface area (Å²) in [6, 6.07) is 0. The van der Waals surface area contributed by atoms with Gasteiger partial charge < -0.3 is 16.2 Å². The SMILES string of the molecule is CC(C)(CCN)CCC(=O)NCC1(CO)CC1. The molecule has 1 aliphatic rings. The molecule has 0 saturated heterocycles. The van der Waals surface area contributed by atoms with Crippen LogP contribution in [0.3, 0.4) is 0 Å². The molecule has 100 valence electrons. The lowest BCUT2D eigenvalue weighted by Gasteiger charge is -2.23. The van der Waals surface area contributed by atoms with E-state index in [4.69, 9.17) is 10.8 Å². The summed E-state index contributed by atoms with van der Waals surface area (Å²) in [5.74, 6) is 0.0924. The van der Waals surface area contributed by atoms with Crippen molar-refractivity contribution in [3.63, 3.8) is 0 Å². The van der Waals surface area contributed by atoms with Crippen LogP contribution in [-0.2, 0) is 4.79 Å². The van der Waals surface area contributed by atoms with Gasteiger partial charge in [-0.2, -0.15) is 0 Å². The summed E-state index contributed by atoms with van der Waals surface area (Å²) in [4.78, 5) is 11.7. The van der Waals surface area contributed by atoms with Gasteiger partial charge in [-0.15, -0.1) is 0 Å². The lowest BCUT2D eigenvalue weighted by molar-refractivity contribution is -0.122. The maximum absolute atomic E-state index is 11.7. The number of aliphatic hydroxyl groups is 1. The first-order valence-corrected chi connectivity index (χ1v) is 6.51. The highest BCUT2D eigenvalue weighted by Crippen LogP contribution is 2.44. The van der Waals surface area contributed by atoms with E-state index in [1.165, 1.54) is 0 Å². The number of nitrogens with one attached hydrogen (secondary N) is 1. The fourth-order valence-corrected chi connectivity index (χ4v) is 1.91. The summed E-state index contributed by atoms with van der Waals surface area (Å²) in [6.45, 7) is 5.76. The van der Waals surface area contributed by atoms with E-state index in [-0.39, 0.29) is 23.3 Å². The Hall–Kier alpha value is -0.610. The molecule has 0 aromatic rings. The molecular formula is C13H26N2O2. The zero-order chi connectivity index (χ0) is 12.9. The summed E-state index contributed by atoms with van der Waals surface area (Å²) in [5.41, 5.74) is 5.68. The van der Waals surface area contributed by atoms with E-state index in [1.54, 1.807) is 0 Å². The van der Waals surface area contributed by atoms with Crippen molar-refractivity contribution in [2.45, 2.75) is 46.0 Å². The molecule has 0 unspecified atom stereocenters. The molecular weight excluding hydrogens is 216 g/mol. The molecule has 4 N–H and O–H groups in total. The molecule has 0 aliphatic heterocycles. The zero-order valence-electron chi connectivity index (χ0n) is 11.1. The highest BCUT2D eigenvalue weighted by molar-refractivity contribution is 5.76. The lowest BCUT2D eigenvalue weighted by atomic mass is 9.84. The van der Waals surface area contributed by atoms with Crippen molar-refractivity contribution < 1.29 is 9.90 Å². The Bertz CT molecular complexity index is 260. The third-order valence-corrected chi connectivity index (χ3v) is 3.80. The predicted octanol–water partition coefficient (Wildman–Crippen LogP) is 1.03. The first-order chi connectivity index (χ1) is 7.93. The van der Waals surface area contributed by atoms with Crippen LogP contribution < -0.4 is 11.1 Å². The average Bonchev–Trinajstić information content (AvgIpc) is 3.04. The topological polar surface area (TPSA) is 75.4 Å². The maximum atomic E-state index is 11.7. The maximum Gasteiger partial charge on any atom is 0.220 e. The van der Waals surface area contributed by atoms with Crippen LogP contribution in [0, 0.1) is 10.8 Å². The van der Waals surface area contributed by atoms with E-state index in [0.717, 1.165) is 25.7 Å². The third-order valence-electron chi connectivity index (χ3n) is 3.80. The molecule has 1 fully saturated rings. The molecule has 0 aromatic carbocycles. The van der Waals surface area contributed by atoms with E-state index in [9.17, 15) is 4.79 Å². The summed E-state index contributed by atoms with van der Waals surface area (Å²) >= 11 is 0. The van der Waals surface area contributed by atoms with Gasteiger partial charge >= 0.3 is 0 Å². The Kier molecular flexibility index (Phi) is 4.95. The number of carbonyl (C=O) groups is 1. The number of hydrogen-bond acceptors (Lipinski definition) is 3. The highest BCUT2D eigenvalue weighted by Gasteiger charge is 2.42. The monoisotopic (exact) mass is 242 g/mol. The first kappa shape index (κ1) is 14.5. The summed E-state index contributed by atoms with van der Waals surface area (Å²) in [6.07, 6.45) is 4.42. The van der Waals surface area contributed by atoms with Gasteiger partial charge in [-0.05, 0) is 37.6 Å². The molecule has 0 atom stereocenters. The number of nitrogens with two attached hydrogens (primary N) is 1. The van der Waals surface area contributed by atoms with Crippen LogP contribution in [0.5, 0.6) is 0 Å². The number of rotatable bonds is 8. The van der Waals surface area contributed by atoms with Gasteiger partial charge in [0.25, 0.3) is 0 Å². The second-order valence-corrected chi connectivity index (χ2v) is 6.14. The molecule has 1 saturated carbocycles. The Labute approximate surface area is 104 Å². The van der Waals surface area contributed by atoms with Crippen LogP contribution in [0.1, 0.15) is 46.0 Å². The van der Waals surface area contributed by atoms with Gasteiger partial charge in [0, 0.05) is 18.4 Å². The zero-order valence-corrected chi connectivity index (χ0v) is 11.1. The van der Waals surface area contributed by atoms with Crippen LogP contribution in [0.4, 0.5) is 0 Å². The van der Waals surface area contributed by atoms with Crippen molar-refractivity contribution in [2.75, 3.05) is 19.7 Å². The number of carbonyl (C=O) groups excluding carboxylic acids is 1. The Morgan fingerprint density at radius 1 is 1.41 bits per heavy atom. The minimum Gasteiger partial charge on any atom is -0.396 e. The van der Waals surface area contributed by atoms with E-state index in [1.807, 2.05) is 0 Å². The Morgan fingerprint density at radius 3 is 2.53 bits per heavy atom. The summed E-state index contributed by atoms with van der Waals surface area (Å²) in [7, 11) is 0. The smallest absolute Gasteiger partial charge is 0.220 e. The number of hydrogen-bond donors (Lipinski definition) is 3. The van der Waals surface area contributed by atoms with E-state index < -0.39 is 0 Å². The van der Waals surface area contributed by atoms with Gasteiger partial charge in [-0.3, -0.25) is 4.79 Å². The standard InChI is InChI=1S/C13H26N2O2/c1-12(2,7-8-14)4-3-11(17)15-9-13(10-16)5-6-13/h16H,3-10,14H2,1-2H3,(H,15,17). The first-order valence-electron chi connectivity index (χ1n) is 6.51. The van der Waals surface area contributed by atoms with Crippen LogP contribution in [-0.4, -0.2) is 30.7 Å². The van der Waals surface area contributed by atoms with E-state index in [2.05, 4.69) is 19.2 Å². The predicted molar refractivity (Wildman–Crippen MR) is 68.4 cm³/mol. The van der Waals surface area contributed by atoms with Gasteiger partial charge in [0.15, 0.2) is 0 Å². The fraction of sp³-hybridized carbons (Fsp3) is 0.923. The summed E-state index contributed by atoms with van der Waals surface area (Å²) in [5, 5.41) is 12.1. The van der Waals surface area contributed by atoms with Crippen molar-refractivity contribution in [3.05, 3.63) is 0 Å². The van der Waals surface area contributed by atoms with Crippen molar-refractivity contribution in [2.24, 2.45) is 16.6 Å². The highest BCUT2D eigenvalue weighted by atomic mass is 16.3. The Morgan fingerprint density at radius 2 is 2.06 bits per heavy atom. The van der Waals surface area contributed by atoms with Gasteiger partial charge in [0.2, 0.25) is 5.91 Å². The molecule has 1 amide bonds. The molecule has 1 aliphatic carbocycles. The molecule has 0 bridgehead atoms. The van der Waals surface area contributed by atoms with Gasteiger partial charge in [0.1, 0.15) is 0 Å². The largest absolute Gasteiger partial charge is 0.396 e.